The lowest BCUT2D eigenvalue weighted by Gasteiger charge is -2.28. The van der Waals surface area contributed by atoms with Crippen LogP contribution in [0.3, 0.4) is 0 Å². The monoisotopic (exact) mass is 488 g/mol. The van der Waals surface area contributed by atoms with E-state index in [2.05, 4.69) is 45.8 Å². The van der Waals surface area contributed by atoms with Crippen molar-refractivity contribution in [2.45, 2.75) is 38.6 Å². The van der Waals surface area contributed by atoms with Gasteiger partial charge in [0.05, 0.1) is 30.0 Å². The SMILES string of the molecule is COCC(C)(C)c1c(-c2cnn(C(C)(C)C(N)=O)c2)c2cc3[nH]ncc3cc2n1-c1ccc(F)cc1. The summed E-state index contributed by atoms with van der Waals surface area (Å²) < 4.78 is 23.3. The molecule has 0 aliphatic heterocycles. The molecule has 0 aliphatic carbocycles. The Bertz CT molecular complexity index is 1590. The molecule has 0 spiro atoms. The van der Waals surface area contributed by atoms with E-state index in [1.165, 1.54) is 12.1 Å². The molecule has 0 atom stereocenters. The first-order valence-corrected chi connectivity index (χ1v) is 11.7. The van der Waals surface area contributed by atoms with Gasteiger partial charge in [0.15, 0.2) is 0 Å². The van der Waals surface area contributed by atoms with Crippen molar-refractivity contribution in [3.05, 3.63) is 66.5 Å². The highest BCUT2D eigenvalue weighted by molar-refractivity contribution is 6.05. The predicted octanol–water partition coefficient (Wildman–Crippen LogP) is 4.65. The molecule has 9 heteroatoms. The first-order chi connectivity index (χ1) is 17.0. The van der Waals surface area contributed by atoms with Crippen LogP contribution in [0.1, 0.15) is 33.4 Å². The lowest BCUT2D eigenvalue weighted by molar-refractivity contribution is -0.125. The van der Waals surface area contributed by atoms with E-state index in [1.807, 2.05) is 6.20 Å². The van der Waals surface area contributed by atoms with Gasteiger partial charge in [-0.05, 0) is 50.2 Å². The zero-order chi connectivity index (χ0) is 25.8. The van der Waals surface area contributed by atoms with Crippen LogP contribution in [0.5, 0.6) is 0 Å². The summed E-state index contributed by atoms with van der Waals surface area (Å²) >= 11 is 0. The van der Waals surface area contributed by atoms with Crippen LogP contribution < -0.4 is 5.73 Å². The number of aromatic amines is 1. The van der Waals surface area contributed by atoms with Crippen LogP contribution in [0.4, 0.5) is 4.39 Å². The third-order valence-electron chi connectivity index (χ3n) is 6.81. The Morgan fingerprint density at radius 3 is 2.53 bits per heavy atom. The Kier molecular flexibility index (Phi) is 5.48. The van der Waals surface area contributed by atoms with Gasteiger partial charge in [-0.15, -0.1) is 0 Å². The fraction of sp³-hybridized carbons (Fsp3) is 0.296. The minimum atomic E-state index is -1.01. The number of carbonyl (C=O) groups excluding carboxylic acids is 1. The van der Waals surface area contributed by atoms with Crippen molar-refractivity contribution in [3.8, 4) is 16.8 Å². The van der Waals surface area contributed by atoms with E-state index in [0.717, 1.165) is 44.3 Å². The van der Waals surface area contributed by atoms with Crippen molar-refractivity contribution in [2.24, 2.45) is 5.73 Å². The molecule has 3 N–H and O–H groups in total. The van der Waals surface area contributed by atoms with E-state index < -0.39 is 16.9 Å². The average Bonchev–Trinajstić information content (AvgIpc) is 3.55. The van der Waals surface area contributed by atoms with Crippen LogP contribution >= 0.6 is 0 Å². The molecule has 0 radical (unpaired) electrons. The highest BCUT2D eigenvalue weighted by Gasteiger charge is 2.34. The maximum atomic E-state index is 13.9. The number of amides is 1. The summed E-state index contributed by atoms with van der Waals surface area (Å²) in [6.07, 6.45) is 5.37. The van der Waals surface area contributed by atoms with Crippen LogP contribution in [0.2, 0.25) is 0 Å². The first kappa shape index (κ1) is 23.7. The number of fused-ring (bicyclic) bond motifs is 2. The molecule has 3 heterocycles. The number of halogens is 1. The molecular formula is C27H29FN6O2. The van der Waals surface area contributed by atoms with Crippen LogP contribution in [0.15, 0.2) is 55.0 Å². The zero-order valence-electron chi connectivity index (χ0n) is 21.0. The standard InChI is InChI=1S/C27H29FN6O2/c1-26(2,15-36-5)24-23(17-13-31-33(14-17)27(3,4)25(29)35)20-11-21-16(12-30-32-21)10-22(20)34(24)19-8-6-18(28)7-9-19/h6-14H,15H2,1-5H3,(H2,29,35)(H,30,32). The van der Waals surface area contributed by atoms with Crippen LogP contribution in [-0.4, -0.2) is 44.2 Å². The Balaban J connectivity index is 1.91. The molecule has 0 unspecified atom stereocenters. The molecule has 5 rings (SSSR count). The molecule has 5 aromatic rings. The molecule has 2 aromatic carbocycles. The van der Waals surface area contributed by atoms with Gasteiger partial charge in [-0.3, -0.25) is 14.6 Å². The summed E-state index contributed by atoms with van der Waals surface area (Å²) in [7, 11) is 1.68. The quantitative estimate of drug-likeness (QED) is 0.348. The molecule has 1 amide bonds. The van der Waals surface area contributed by atoms with Gasteiger partial charge in [0, 0.05) is 52.0 Å². The number of benzene rings is 2. The lowest BCUT2D eigenvalue weighted by Crippen LogP contribution is -2.41. The van der Waals surface area contributed by atoms with Crippen molar-refractivity contribution >= 4 is 27.7 Å². The number of nitrogens with two attached hydrogens (primary N) is 1. The van der Waals surface area contributed by atoms with Crippen molar-refractivity contribution in [2.75, 3.05) is 13.7 Å². The highest BCUT2D eigenvalue weighted by Crippen LogP contribution is 2.44. The minimum Gasteiger partial charge on any atom is -0.384 e. The molecular weight excluding hydrogens is 459 g/mol. The van der Waals surface area contributed by atoms with Crippen molar-refractivity contribution in [1.29, 1.82) is 0 Å². The summed E-state index contributed by atoms with van der Waals surface area (Å²) in [4.78, 5) is 12.1. The van der Waals surface area contributed by atoms with Gasteiger partial charge in [0.2, 0.25) is 5.91 Å². The van der Waals surface area contributed by atoms with Crippen molar-refractivity contribution in [1.82, 2.24) is 24.5 Å². The van der Waals surface area contributed by atoms with Crippen molar-refractivity contribution < 1.29 is 13.9 Å². The second kappa shape index (κ2) is 8.30. The number of carbonyl (C=O) groups is 1. The summed E-state index contributed by atoms with van der Waals surface area (Å²) in [6.45, 7) is 8.13. The number of primary amides is 1. The maximum Gasteiger partial charge on any atom is 0.244 e. The third kappa shape index (κ3) is 3.67. The summed E-state index contributed by atoms with van der Waals surface area (Å²) in [5, 5.41) is 13.7. The number of hydrogen-bond acceptors (Lipinski definition) is 4. The number of nitrogens with one attached hydrogen (secondary N) is 1. The molecule has 0 fully saturated rings. The van der Waals surface area contributed by atoms with Crippen LogP contribution in [0, 0.1) is 5.82 Å². The van der Waals surface area contributed by atoms with E-state index in [1.54, 1.807) is 50.2 Å². The van der Waals surface area contributed by atoms with E-state index in [4.69, 9.17) is 10.5 Å². The molecule has 186 valence electrons. The van der Waals surface area contributed by atoms with E-state index in [-0.39, 0.29) is 5.82 Å². The third-order valence-corrected chi connectivity index (χ3v) is 6.81. The molecule has 36 heavy (non-hydrogen) atoms. The number of ether oxygens (including phenoxy) is 1. The number of hydrogen-bond donors (Lipinski definition) is 2. The average molecular weight is 489 g/mol. The largest absolute Gasteiger partial charge is 0.384 e. The second-order valence-electron chi connectivity index (χ2n) is 10.3. The number of aromatic nitrogens is 5. The van der Waals surface area contributed by atoms with Crippen LogP contribution in [-0.2, 0) is 20.5 Å². The van der Waals surface area contributed by atoms with E-state index in [0.29, 0.717) is 6.61 Å². The van der Waals surface area contributed by atoms with Gasteiger partial charge in [-0.2, -0.15) is 10.2 Å². The molecule has 0 saturated carbocycles. The van der Waals surface area contributed by atoms with E-state index in [9.17, 15) is 9.18 Å². The second-order valence-corrected chi connectivity index (χ2v) is 10.3. The highest BCUT2D eigenvalue weighted by atomic mass is 19.1. The van der Waals surface area contributed by atoms with E-state index >= 15 is 0 Å². The fourth-order valence-electron chi connectivity index (χ4n) is 4.82. The number of H-pyrrole nitrogens is 1. The fourth-order valence-corrected chi connectivity index (χ4v) is 4.82. The molecule has 8 nitrogen and oxygen atoms in total. The van der Waals surface area contributed by atoms with Gasteiger partial charge in [0.25, 0.3) is 0 Å². The molecule has 0 aliphatic rings. The summed E-state index contributed by atoms with van der Waals surface area (Å²) in [6, 6.07) is 10.6. The zero-order valence-corrected chi connectivity index (χ0v) is 21.0. The van der Waals surface area contributed by atoms with Gasteiger partial charge < -0.3 is 15.0 Å². The van der Waals surface area contributed by atoms with Gasteiger partial charge in [-0.1, -0.05) is 13.8 Å². The maximum absolute atomic E-state index is 13.9. The Labute approximate surface area is 207 Å². The smallest absolute Gasteiger partial charge is 0.244 e. The van der Waals surface area contributed by atoms with Gasteiger partial charge in [0.1, 0.15) is 11.4 Å². The predicted molar refractivity (Wildman–Crippen MR) is 138 cm³/mol. The Hall–Kier alpha value is -3.98. The topological polar surface area (TPSA) is 104 Å². The summed E-state index contributed by atoms with van der Waals surface area (Å²) in [5.74, 6) is -0.787. The number of nitrogens with zero attached hydrogens (tertiary/aromatic N) is 4. The number of methoxy groups -OCH3 is 1. The Morgan fingerprint density at radius 1 is 1.14 bits per heavy atom. The molecule has 3 aromatic heterocycles. The summed E-state index contributed by atoms with van der Waals surface area (Å²) in [5.41, 5.74) is 9.59. The molecule has 0 bridgehead atoms. The van der Waals surface area contributed by atoms with Crippen LogP contribution in [0.25, 0.3) is 38.6 Å². The Morgan fingerprint density at radius 2 is 1.86 bits per heavy atom. The normalized spacial score (nSPS) is 12.6. The van der Waals surface area contributed by atoms with Gasteiger partial charge in [-0.25, -0.2) is 4.39 Å². The first-order valence-electron chi connectivity index (χ1n) is 11.7. The number of rotatable bonds is 7. The van der Waals surface area contributed by atoms with Gasteiger partial charge >= 0.3 is 0 Å². The molecule has 0 saturated heterocycles. The lowest BCUT2D eigenvalue weighted by atomic mass is 9.85. The van der Waals surface area contributed by atoms with Crippen molar-refractivity contribution in [3.63, 3.8) is 0 Å². The minimum absolute atomic E-state index is 0.305.